The number of aryl methyl sites for hydroxylation is 1. The van der Waals surface area contributed by atoms with E-state index in [-0.39, 0.29) is 22.6 Å². The smallest absolute Gasteiger partial charge is 0.411 e. The van der Waals surface area contributed by atoms with Crippen molar-refractivity contribution in [3.8, 4) is 17.2 Å². The molecule has 1 N–H and O–H groups in total. The Balaban J connectivity index is 1.75. The Morgan fingerprint density at radius 2 is 1.16 bits per heavy atom. The minimum atomic E-state index is -5.83. The Morgan fingerprint density at radius 1 is 0.698 bits per heavy atom. The fraction of sp³-hybridized carbons (Fsp3) is 0.167. The Labute approximate surface area is 242 Å². The summed E-state index contributed by atoms with van der Waals surface area (Å²) in [4.78, 5) is 12.0. The molecule has 0 aromatic heterocycles. The molecule has 0 fully saturated rings. The van der Waals surface area contributed by atoms with Gasteiger partial charge in [0.15, 0.2) is 5.78 Å². The third kappa shape index (κ3) is 6.09. The first-order valence-corrected chi connectivity index (χ1v) is 13.7. The second-order valence-electron chi connectivity index (χ2n) is 9.43. The molecule has 0 aliphatic rings. The van der Waals surface area contributed by atoms with Gasteiger partial charge in [-0.25, -0.2) is 0 Å². The average molecular weight is 625 g/mol. The molecule has 0 unspecified atom stereocenters. The van der Waals surface area contributed by atoms with E-state index in [2.05, 4.69) is 0 Å². The van der Waals surface area contributed by atoms with Crippen LogP contribution in [0, 0.1) is 6.92 Å². The summed E-state index contributed by atoms with van der Waals surface area (Å²) < 4.78 is 131. The molecule has 6 nitrogen and oxygen atoms in total. The number of hydrogen-bond donors (Lipinski definition) is 1. The predicted octanol–water partition coefficient (Wildman–Crippen LogP) is 7.68. The first-order chi connectivity index (χ1) is 20.0. The molecular formula is C30H22F6O6S. The highest BCUT2D eigenvalue weighted by molar-refractivity contribution is 7.86. The zero-order chi connectivity index (χ0) is 31.8. The van der Waals surface area contributed by atoms with Gasteiger partial charge in [-0.15, -0.1) is 0 Å². The maximum atomic E-state index is 14.4. The summed E-state index contributed by atoms with van der Waals surface area (Å²) in [5, 5.41) is 0. The molecule has 0 saturated carbocycles. The van der Waals surface area contributed by atoms with E-state index in [1.165, 1.54) is 25.3 Å². The van der Waals surface area contributed by atoms with Gasteiger partial charge < -0.3 is 9.47 Å². The second-order valence-corrected chi connectivity index (χ2v) is 10.8. The topological polar surface area (TPSA) is 89.9 Å². The molecule has 0 aliphatic carbocycles. The van der Waals surface area contributed by atoms with Crippen LogP contribution in [0.15, 0.2) is 95.9 Å². The van der Waals surface area contributed by atoms with Gasteiger partial charge in [-0.05, 0) is 60.5 Å². The molecule has 0 saturated heterocycles. The summed E-state index contributed by atoms with van der Waals surface area (Å²) in [6.07, 6.45) is -11.7. The number of halogens is 6. The number of alkyl halides is 6. The maximum Gasteiger partial charge on any atom is 0.411 e. The van der Waals surface area contributed by atoms with Crippen molar-refractivity contribution in [2.45, 2.75) is 29.6 Å². The highest BCUT2D eigenvalue weighted by Gasteiger charge is 2.72. The van der Waals surface area contributed by atoms with Crippen LogP contribution in [0.5, 0.6) is 17.2 Å². The largest absolute Gasteiger partial charge is 0.497 e. The van der Waals surface area contributed by atoms with Gasteiger partial charge in [0.05, 0.1) is 7.11 Å². The Bertz CT molecular complexity index is 1710. The summed E-state index contributed by atoms with van der Waals surface area (Å²) in [5.41, 5.74) is -5.74. The SMILES string of the molecule is COc1ccc(C(c2ccc(Oc3ccc(C(=O)c4ccc(C)cc4)cc3S(=O)(=O)O)cc2)(C(F)(F)F)C(F)(F)F)cc1. The van der Waals surface area contributed by atoms with Crippen LogP contribution in [0.25, 0.3) is 0 Å². The molecule has 0 aliphatic heterocycles. The van der Waals surface area contributed by atoms with Gasteiger partial charge in [0.1, 0.15) is 22.1 Å². The molecule has 0 heterocycles. The van der Waals surface area contributed by atoms with Crippen LogP contribution >= 0.6 is 0 Å². The van der Waals surface area contributed by atoms with E-state index in [0.29, 0.717) is 24.3 Å². The zero-order valence-corrected chi connectivity index (χ0v) is 23.1. The van der Waals surface area contributed by atoms with Crippen LogP contribution in [-0.2, 0) is 15.5 Å². The van der Waals surface area contributed by atoms with Gasteiger partial charge in [-0.2, -0.15) is 34.8 Å². The van der Waals surface area contributed by atoms with E-state index in [1.54, 1.807) is 19.1 Å². The van der Waals surface area contributed by atoms with Gasteiger partial charge in [0, 0.05) is 11.1 Å². The van der Waals surface area contributed by atoms with Gasteiger partial charge >= 0.3 is 12.4 Å². The van der Waals surface area contributed by atoms with Crippen LogP contribution in [0.2, 0.25) is 0 Å². The first-order valence-electron chi connectivity index (χ1n) is 12.3. The molecule has 0 spiro atoms. The van der Waals surface area contributed by atoms with Gasteiger partial charge in [-0.1, -0.05) is 54.1 Å². The van der Waals surface area contributed by atoms with Crippen molar-refractivity contribution in [1.82, 2.24) is 0 Å². The van der Waals surface area contributed by atoms with Crippen molar-refractivity contribution >= 4 is 15.9 Å². The number of methoxy groups -OCH3 is 1. The lowest BCUT2D eigenvalue weighted by molar-refractivity contribution is -0.288. The maximum absolute atomic E-state index is 14.4. The Kier molecular flexibility index (Phi) is 8.35. The van der Waals surface area contributed by atoms with Crippen LogP contribution < -0.4 is 9.47 Å². The summed E-state index contributed by atoms with van der Waals surface area (Å²) in [7, 11) is -3.79. The fourth-order valence-electron chi connectivity index (χ4n) is 4.53. The van der Waals surface area contributed by atoms with Crippen molar-refractivity contribution in [3.05, 3.63) is 119 Å². The van der Waals surface area contributed by atoms with Crippen molar-refractivity contribution < 1.29 is 53.6 Å². The molecular weight excluding hydrogens is 602 g/mol. The third-order valence-electron chi connectivity index (χ3n) is 6.69. The molecule has 43 heavy (non-hydrogen) atoms. The van der Waals surface area contributed by atoms with Gasteiger partial charge in [0.25, 0.3) is 10.1 Å². The molecule has 4 aromatic rings. The number of benzene rings is 4. The summed E-state index contributed by atoms with van der Waals surface area (Å²) in [5.74, 6) is -1.40. The number of hydrogen-bond acceptors (Lipinski definition) is 5. The summed E-state index contributed by atoms with van der Waals surface area (Å²) >= 11 is 0. The van der Waals surface area contributed by atoms with E-state index in [9.17, 15) is 44.1 Å². The highest BCUT2D eigenvalue weighted by atomic mass is 32.2. The quantitative estimate of drug-likeness (QED) is 0.123. The normalized spacial score (nSPS) is 12.6. The van der Waals surface area contributed by atoms with E-state index in [4.69, 9.17) is 9.47 Å². The predicted molar refractivity (Wildman–Crippen MR) is 143 cm³/mol. The monoisotopic (exact) mass is 624 g/mol. The second kappa shape index (κ2) is 11.4. The van der Waals surface area contributed by atoms with E-state index in [0.717, 1.165) is 42.0 Å². The van der Waals surface area contributed by atoms with Crippen LogP contribution in [0.4, 0.5) is 26.3 Å². The molecule has 0 bridgehead atoms. The minimum absolute atomic E-state index is 0.0481. The summed E-state index contributed by atoms with van der Waals surface area (Å²) in [6, 6.07) is 15.4. The lowest BCUT2D eigenvalue weighted by Gasteiger charge is -2.38. The first kappa shape index (κ1) is 31.6. The van der Waals surface area contributed by atoms with Crippen LogP contribution in [-0.4, -0.2) is 38.2 Å². The number of ether oxygens (including phenoxy) is 2. The Hall–Kier alpha value is -4.36. The van der Waals surface area contributed by atoms with E-state index < -0.39 is 55.4 Å². The van der Waals surface area contributed by atoms with E-state index >= 15 is 0 Å². The molecule has 0 atom stereocenters. The van der Waals surface area contributed by atoms with Crippen LogP contribution in [0.1, 0.15) is 32.6 Å². The van der Waals surface area contributed by atoms with Gasteiger partial charge in [0.2, 0.25) is 5.41 Å². The van der Waals surface area contributed by atoms with E-state index in [1.807, 2.05) is 0 Å². The standard InChI is InChI=1S/C30H22F6O6S/c1-18-3-5-19(6-4-18)27(37)20-7-16-25(26(17-20)43(38,39)40)42-24-14-10-22(11-15-24)28(29(31,32)33,30(34,35)36)21-8-12-23(41-2)13-9-21/h3-17H,1-2H3,(H,38,39,40). The fourth-order valence-corrected chi connectivity index (χ4v) is 5.17. The van der Waals surface area contributed by atoms with Crippen molar-refractivity contribution in [2.24, 2.45) is 0 Å². The minimum Gasteiger partial charge on any atom is -0.497 e. The number of rotatable bonds is 8. The average Bonchev–Trinajstić information content (AvgIpc) is 2.93. The molecule has 0 radical (unpaired) electrons. The molecule has 13 heteroatoms. The number of carbonyl (C=O) groups excluding carboxylic acids is 1. The molecule has 0 amide bonds. The van der Waals surface area contributed by atoms with Crippen molar-refractivity contribution in [3.63, 3.8) is 0 Å². The van der Waals surface area contributed by atoms with Crippen molar-refractivity contribution in [2.75, 3.05) is 7.11 Å². The number of carbonyl (C=O) groups is 1. The summed E-state index contributed by atoms with van der Waals surface area (Å²) in [6.45, 7) is 1.80. The highest BCUT2D eigenvalue weighted by Crippen LogP contribution is 2.56. The molecule has 4 aromatic carbocycles. The molecule has 226 valence electrons. The lowest BCUT2D eigenvalue weighted by Crippen LogP contribution is -2.54. The number of ketones is 1. The lowest BCUT2D eigenvalue weighted by atomic mass is 9.73. The van der Waals surface area contributed by atoms with Gasteiger partial charge in [-0.3, -0.25) is 9.35 Å². The third-order valence-corrected chi connectivity index (χ3v) is 7.56. The Morgan fingerprint density at radius 3 is 1.60 bits per heavy atom. The van der Waals surface area contributed by atoms with Crippen molar-refractivity contribution in [1.29, 1.82) is 0 Å². The van der Waals surface area contributed by atoms with Crippen LogP contribution in [0.3, 0.4) is 0 Å². The zero-order valence-electron chi connectivity index (χ0n) is 22.3. The molecule has 4 rings (SSSR count).